The van der Waals surface area contributed by atoms with Gasteiger partial charge in [0.05, 0.1) is 25.2 Å². The van der Waals surface area contributed by atoms with Gasteiger partial charge in [-0.2, -0.15) is 0 Å². The van der Waals surface area contributed by atoms with E-state index < -0.39 is 18.2 Å². The number of aliphatic hydroxyl groups is 2. The Kier molecular flexibility index (Phi) is 38.4. The Balaban J connectivity index is 4.81. The summed E-state index contributed by atoms with van der Waals surface area (Å²) >= 11 is 0. The third-order valence-corrected chi connectivity index (χ3v) is 9.46. The monoisotopic (exact) mass is 740 g/mol. The van der Waals surface area contributed by atoms with E-state index in [0.29, 0.717) is 19.3 Å². The third-order valence-electron chi connectivity index (χ3n) is 9.46. The summed E-state index contributed by atoms with van der Waals surface area (Å²) in [5.41, 5.74) is 0. The maximum Gasteiger partial charge on any atom is 0.306 e. The Morgan fingerprint density at radius 1 is 0.566 bits per heavy atom. The van der Waals surface area contributed by atoms with Gasteiger partial charge in [-0.1, -0.05) is 209 Å². The van der Waals surface area contributed by atoms with Crippen molar-refractivity contribution in [1.82, 2.24) is 5.32 Å². The molecule has 0 aliphatic heterocycles. The molecule has 0 radical (unpaired) electrons. The van der Waals surface area contributed by atoms with Crippen LogP contribution < -0.4 is 5.32 Å². The fourth-order valence-electron chi connectivity index (χ4n) is 6.17. The number of unbranched alkanes of at least 4 members (excludes halogenated alkanes) is 18. The minimum Gasteiger partial charge on any atom is -0.462 e. The molecule has 0 aromatic heterocycles. The lowest BCUT2D eigenvalue weighted by atomic mass is 10.0. The molecule has 3 atom stereocenters. The molecule has 0 saturated carbocycles. The van der Waals surface area contributed by atoms with Gasteiger partial charge in [0.25, 0.3) is 0 Å². The van der Waals surface area contributed by atoms with Crippen LogP contribution in [0.5, 0.6) is 0 Å². The predicted octanol–water partition coefficient (Wildman–Crippen LogP) is 12.3. The highest BCUT2D eigenvalue weighted by atomic mass is 16.5. The Labute approximate surface area is 326 Å². The van der Waals surface area contributed by atoms with Crippen LogP contribution in [0, 0.1) is 0 Å². The number of nitrogens with one attached hydrogen (secondary N) is 1. The highest BCUT2D eigenvalue weighted by molar-refractivity contribution is 5.77. The molecule has 0 aromatic rings. The smallest absolute Gasteiger partial charge is 0.306 e. The van der Waals surface area contributed by atoms with Gasteiger partial charge in [0.2, 0.25) is 5.91 Å². The average molecular weight is 740 g/mol. The van der Waals surface area contributed by atoms with Gasteiger partial charge in [0.1, 0.15) is 6.10 Å². The van der Waals surface area contributed by atoms with Gasteiger partial charge in [-0.3, -0.25) is 9.59 Å². The van der Waals surface area contributed by atoms with E-state index in [-0.39, 0.29) is 24.9 Å². The summed E-state index contributed by atoms with van der Waals surface area (Å²) in [7, 11) is 0. The van der Waals surface area contributed by atoms with Crippen LogP contribution in [0.25, 0.3) is 0 Å². The van der Waals surface area contributed by atoms with Gasteiger partial charge in [0, 0.05) is 6.42 Å². The van der Waals surface area contributed by atoms with Crippen molar-refractivity contribution < 1.29 is 24.5 Å². The molecule has 0 rings (SSSR count). The topological polar surface area (TPSA) is 95.9 Å². The van der Waals surface area contributed by atoms with Crippen LogP contribution in [0.3, 0.4) is 0 Å². The van der Waals surface area contributed by atoms with Crippen molar-refractivity contribution in [1.29, 1.82) is 0 Å². The molecule has 1 amide bonds. The van der Waals surface area contributed by atoms with Crippen LogP contribution in [-0.2, 0) is 14.3 Å². The maximum absolute atomic E-state index is 13.1. The van der Waals surface area contributed by atoms with Crippen molar-refractivity contribution in [3.8, 4) is 0 Å². The number of hydrogen-bond donors (Lipinski definition) is 3. The van der Waals surface area contributed by atoms with Crippen LogP contribution in [0.2, 0.25) is 0 Å². The van der Waals surface area contributed by atoms with Crippen LogP contribution in [0.1, 0.15) is 188 Å². The molecule has 0 saturated heterocycles. The lowest BCUT2D eigenvalue weighted by Gasteiger charge is -2.24. The van der Waals surface area contributed by atoms with Crippen molar-refractivity contribution in [2.24, 2.45) is 0 Å². The lowest BCUT2D eigenvalue weighted by Crippen LogP contribution is -2.46. The molecule has 0 aromatic carbocycles. The summed E-state index contributed by atoms with van der Waals surface area (Å²) in [6.07, 6.45) is 49.6. The van der Waals surface area contributed by atoms with E-state index in [1.165, 1.54) is 83.5 Å². The first-order chi connectivity index (χ1) is 26.0. The summed E-state index contributed by atoms with van der Waals surface area (Å²) in [6.45, 7) is 6.26. The Morgan fingerprint density at radius 3 is 1.51 bits per heavy atom. The highest BCUT2D eigenvalue weighted by Crippen LogP contribution is 2.16. The molecular weight excluding hydrogens is 659 g/mol. The molecule has 6 nitrogen and oxygen atoms in total. The fraction of sp³-hybridized carbons (Fsp3) is 0.702. The van der Waals surface area contributed by atoms with E-state index in [4.69, 9.17) is 4.74 Å². The molecule has 3 N–H and O–H groups in total. The Bertz CT molecular complexity index is 1010. The van der Waals surface area contributed by atoms with Crippen LogP contribution in [-0.4, -0.2) is 46.9 Å². The van der Waals surface area contributed by atoms with E-state index in [1.807, 2.05) is 60.8 Å². The second kappa shape index (κ2) is 40.5. The zero-order valence-corrected chi connectivity index (χ0v) is 34.4. The minimum absolute atomic E-state index is 0.0248. The van der Waals surface area contributed by atoms with Gasteiger partial charge < -0.3 is 20.3 Å². The normalized spacial score (nSPS) is 14.1. The molecule has 53 heavy (non-hydrogen) atoms. The summed E-state index contributed by atoms with van der Waals surface area (Å²) in [4.78, 5) is 25.9. The number of carbonyl (C=O) groups excluding carboxylic acids is 2. The van der Waals surface area contributed by atoms with E-state index >= 15 is 0 Å². The number of carbonyl (C=O) groups is 2. The molecule has 0 aliphatic carbocycles. The van der Waals surface area contributed by atoms with E-state index in [2.05, 4.69) is 38.2 Å². The molecule has 0 aliphatic rings. The largest absolute Gasteiger partial charge is 0.462 e. The standard InChI is InChI=1S/C47H81NO5/c1-4-7-10-13-16-19-21-22-23-24-25-27-29-32-35-38-43(53-47(52)40-37-34-31-28-20-17-14-11-8-5-2)41-46(51)48-44(42-49)45(50)39-36-33-30-26-18-15-12-9-6-3/h7,10,13,16,19,21-25,27,29,43-45,49-50H,4-6,8-9,11-12,14-15,17-18,20,26,28,30-42H2,1-3H3,(H,48,51)/b10-7-,16-13+,21-19+,23-22-,25-24+,29-27+. The molecule has 0 bridgehead atoms. The van der Waals surface area contributed by atoms with E-state index in [1.54, 1.807) is 0 Å². The highest BCUT2D eigenvalue weighted by Gasteiger charge is 2.23. The van der Waals surface area contributed by atoms with Crippen LogP contribution >= 0.6 is 0 Å². The van der Waals surface area contributed by atoms with Gasteiger partial charge in [-0.05, 0) is 38.5 Å². The van der Waals surface area contributed by atoms with Gasteiger partial charge in [-0.15, -0.1) is 0 Å². The number of hydrogen-bond acceptors (Lipinski definition) is 5. The quantitative estimate of drug-likeness (QED) is 0.0335. The van der Waals surface area contributed by atoms with Crippen molar-refractivity contribution in [2.45, 2.75) is 206 Å². The van der Waals surface area contributed by atoms with Crippen molar-refractivity contribution in [3.05, 3.63) is 72.9 Å². The van der Waals surface area contributed by atoms with Crippen LogP contribution in [0.4, 0.5) is 0 Å². The number of allylic oxidation sites excluding steroid dienone is 12. The molecule has 3 unspecified atom stereocenters. The zero-order chi connectivity index (χ0) is 38.9. The maximum atomic E-state index is 13.1. The number of rotatable bonds is 37. The summed E-state index contributed by atoms with van der Waals surface area (Å²) in [5.74, 6) is -0.558. The SMILES string of the molecule is CC\C=C/C=C/C=C/C=C\C=C\C=C\CCCC(CC(=O)NC(CO)C(O)CCCCCCCCCCC)OC(=O)CCCCCCCCCCCC. The summed E-state index contributed by atoms with van der Waals surface area (Å²) in [5, 5.41) is 23.5. The minimum atomic E-state index is -0.806. The third kappa shape index (κ3) is 36.1. The fourth-order valence-corrected chi connectivity index (χ4v) is 6.17. The lowest BCUT2D eigenvalue weighted by molar-refractivity contribution is -0.151. The first-order valence-corrected chi connectivity index (χ1v) is 21.7. The first kappa shape index (κ1) is 50.3. The summed E-state index contributed by atoms with van der Waals surface area (Å²) in [6, 6.07) is -0.724. The predicted molar refractivity (Wildman–Crippen MR) is 227 cm³/mol. The first-order valence-electron chi connectivity index (χ1n) is 21.7. The average Bonchev–Trinajstić information content (AvgIpc) is 3.15. The number of ether oxygens (including phenoxy) is 1. The second-order valence-electron chi connectivity index (χ2n) is 14.5. The number of esters is 1. The molecule has 304 valence electrons. The van der Waals surface area contributed by atoms with Gasteiger partial charge in [-0.25, -0.2) is 0 Å². The van der Waals surface area contributed by atoms with E-state index in [0.717, 1.165) is 57.8 Å². The summed E-state index contributed by atoms with van der Waals surface area (Å²) < 4.78 is 5.84. The molecule has 0 fully saturated rings. The van der Waals surface area contributed by atoms with E-state index in [9.17, 15) is 19.8 Å². The van der Waals surface area contributed by atoms with Crippen molar-refractivity contribution in [3.63, 3.8) is 0 Å². The van der Waals surface area contributed by atoms with Crippen molar-refractivity contribution >= 4 is 11.9 Å². The van der Waals surface area contributed by atoms with Gasteiger partial charge >= 0.3 is 5.97 Å². The number of amides is 1. The molecule has 6 heteroatoms. The van der Waals surface area contributed by atoms with Crippen LogP contribution in [0.15, 0.2) is 72.9 Å². The number of aliphatic hydroxyl groups excluding tert-OH is 2. The Hall–Kier alpha value is -2.70. The Morgan fingerprint density at radius 2 is 1.02 bits per heavy atom. The second-order valence-corrected chi connectivity index (χ2v) is 14.5. The molecular formula is C47H81NO5. The molecule has 0 heterocycles. The van der Waals surface area contributed by atoms with Crippen molar-refractivity contribution in [2.75, 3.05) is 6.61 Å². The zero-order valence-electron chi connectivity index (χ0n) is 34.4. The molecule has 0 spiro atoms. The van der Waals surface area contributed by atoms with Gasteiger partial charge in [0.15, 0.2) is 0 Å².